The van der Waals surface area contributed by atoms with Crippen molar-refractivity contribution in [3.05, 3.63) is 0 Å². The maximum atomic E-state index is 9.03. The highest BCUT2D eigenvalue weighted by atomic mass is 16.5. The van der Waals surface area contributed by atoms with Crippen LogP contribution in [0.3, 0.4) is 0 Å². The highest BCUT2D eigenvalue weighted by molar-refractivity contribution is 5.80. The third kappa shape index (κ3) is 1.32. The number of ether oxygens (including phenoxy) is 1. The molecular formula is C9H15N5O2. The number of aliphatic hydroxyl groups excluding tert-OH is 1. The number of aromatic amines is 1. The molecular weight excluding hydrogens is 210 g/mol. The third-order valence-corrected chi connectivity index (χ3v) is 3.11. The molecule has 16 heavy (non-hydrogen) atoms. The van der Waals surface area contributed by atoms with Gasteiger partial charge < -0.3 is 25.8 Å². The number of anilines is 3. The predicted molar refractivity (Wildman–Crippen MR) is 58.9 cm³/mol. The largest absolute Gasteiger partial charge is 0.394 e. The molecule has 2 unspecified atom stereocenters. The Morgan fingerprint density at radius 1 is 1.56 bits per heavy atom. The van der Waals surface area contributed by atoms with Crippen molar-refractivity contribution in [2.24, 2.45) is 0 Å². The van der Waals surface area contributed by atoms with E-state index in [1.807, 2.05) is 4.90 Å². The zero-order chi connectivity index (χ0) is 11.1. The Balaban J connectivity index is 1.78. The van der Waals surface area contributed by atoms with E-state index in [1.54, 1.807) is 0 Å². The molecule has 0 bridgehead atoms. The minimum absolute atomic E-state index is 0.0198. The number of aliphatic hydroxyl groups is 1. The molecule has 2 aliphatic rings. The van der Waals surface area contributed by atoms with Gasteiger partial charge in [-0.2, -0.15) is 5.10 Å². The van der Waals surface area contributed by atoms with Gasteiger partial charge in [0.05, 0.1) is 19.4 Å². The summed E-state index contributed by atoms with van der Waals surface area (Å²) in [6.07, 6.45) is 1.71. The number of nitrogens with zero attached hydrogens (tertiary/aromatic N) is 2. The molecule has 1 saturated heterocycles. The summed E-state index contributed by atoms with van der Waals surface area (Å²) < 4.78 is 5.70. The molecule has 0 saturated carbocycles. The Bertz CT molecular complexity index is 393. The maximum absolute atomic E-state index is 9.03. The van der Waals surface area contributed by atoms with E-state index in [9.17, 15) is 0 Å². The summed E-state index contributed by atoms with van der Waals surface area (Å²) in [6.45, 7) is 0.729. The Labute approximate surface area is 92.6 Å². The number of fused-ring (bicyclic) bond motifs is 1. The minimum atomic E-state index is -0.0506. The Hall–Kier alpha value is -1.47. The number of H-pyrrole nitrogens is 1. The molecule has 3 rings (SSSR count). The van der Waals surface area contributed by atoms with Gasteiger partial charge in [-0.25, -0.2) is 0 Å². The smallest absolute Gasteiger partial charge is 0.179 e. The van der Waals surface area contributed by atoms with Crippen molar-refractivity contribution in [2.45, 2.75) is 25.2 Å². The van der Waals surface area contributed by atoms with E-state index in [-0.39, 0.29) is 18.9 Å². The second-order valence-corrected chi connectivity index (χ2v) is 4.11. The lowest BCUT2D eigenvalue weighted by molar-refractivity contribution is 0.0114. The molecule has 7 heteroatoms. The summed E-state index contributed by atoms with van der Waals surface area (Å²) in [5.41, 5.74) is 6.56. The predicted octanol–water partition coefficient (Wildman–Crippen LogP) is -0.321. The highest BCUT2D eigenvalue weighted by Gasteiger charge is 2.35. The fourth-order valence-electron chi connectivity index (χ4n) is 2.26. The zero-order valence-electron chi connectivity index (χ0n) is 8.81. The first-order chi connectivity index (χ1) is 7.79. The second-order valence-electron chi connectivity index (χ2n) is 4.11. The lowest BCUT2D eigenvalue weighted by Gasteiger charge is -2.23. The van der Waals surface area contributed by atoms with Gasteiger partial charge in [-0.15, -0.1) is 0 Å². The first-order valence-corrected chi connectivity index (χ1v) is 5.40. The lowest BCUT2D eigenvalue weighted by atomic mass is 10.2. The van der Waals surface area contributed by atoms with Crippen LogP contribution in [0.4, 0.5) is 17.3 Å². The molecule has 88 valence electrons. The van der Waals surface area contributed by atoms with Crippen LogP contribution in [0.15, 0.2) is 0 Å². The summed E-state index contributed by atoms with van der Waals surface area (Å²) in [6, 6.07) is 0. The molecule has 5 N–H and O–H groups in total. The van der Waals surface area contributed by atoms with Crippen LogP contribution >= 0.6 is 0 Å². The normalized spacial score (nSPS) is 28.2. The Morgan fingerprint density at radius 2 is 2.44 bits per heavy atom. The summed E-state index contributed by atoms with van der Waals surface area (Å²) in [7, 11) is 0. The van der Waals surface area contributed by atoms with Gasteiger partial charge in [-0.3, -0.25) is 5.10 Å². The second kappa shape index (κ2) is 3.53. The molecule has 1 fully saturated rings. The number of rotatable bonds is 2. The molecule has 7 nitrogen and oxygen atoms in total. The molecule has 0 amide bonds. The van der Waals surface area contributed by atoms with Crippen molar-refractivity contribution in [2.75, 3.05) is 29.2 Å². The van der Waals surface area contributed by atoms with Gasteiger partial charge in [-0.1, -0.05) is 0 Å². The maximum Gasteiger partial charge on any atom is 0.179 e. The van der Waals surface area contributed by atoms with Crippen LogP contribution in [0.2, 0.25) is 0 Å². The number of nitrogens with one attached hydrogen (secondary N) is 2. The average Bonchev–Trinajstić information content (AvgIpc) is 2.96. The van der Waals surface area contributed by atoms with Gasteiger partial charge in [0.15, 0.2) is 5.82 Å². The fraction of sp³-hybridized carbons (Fsp3) is 0.667. The van der Waals surface area contributed by atoms with Gasteiger partial charge in [0.25, 0.3) is 0 Å². The standard InChI is InChI=1S/C9H15N5O2/c10-8-7-9(13-12-8)14(4-11-7)6-2-1-5(3-15)16-6/h5-6,11,15H,1-4H2,(H3,10,12,13). The van der Waals surface area contributed by atoms with E-state index in [0.717, 1.165) is 24.3 Å². The molecule has 0 radical (unpaired) electrons. The van der Waals surface area contributed by atoms with Crippen LogP contribution in [-0.4, -0.2) is 40.9 Å². The molecule has 0 spiro atoms. The Kier molecular flexibility index (Phi) is 2.15. The average molecular weight is 225 g/mol. The van der Waals surface area contributed by atoms with E-state index in [2.05, 4.69) is 15.5 Å². The summed E-state index contributed by atoms with van der Waals surface area (Å²) in [4.78, 5) is 2.03. The van der Waals surface area contributed by atoms with E-state index in [4.69, 9.17) is 15.6 Å². The van der Waals surface area contributed by atoms with Gasteiger partial charge in [0, 0.05) is 0 Å². The Morgan fingerprint density at radius 3 is 3.19 bits per heavy atom. The number of aromatic nitrogens is 2. The molecule has 0 aromatic carbocycles. The topological polar surface area (TPSA) is 99.4 Å². The van der Waals surface area contributed by atoms with Crippen molar-refractivity contribution in [1.29, 1.82) is 0 Å². The lowest BCUT2D eigenvalue weighted by Crippen LogP contribution is -2.36. The summed E-state index contributed by atoms with van der Waals surface area (Å²) in [5, 5.41) is 19.1. The highest BCUT2D eigenvalue weighted by Crippen LogP contribution is 2.37. The molecule has 1 aromatic rings. The molecule has 3 heterocycles. The zero-order valence-corrected chi connectivity index (χ0v) is 8.81. The van der Waals surface area contributed by atoms with Crippen molar-refractivity contribution in [3.8, 4) is 0 Å². The van der Waals surface area contributed by atoms with Crippen molar-refractivity contribution in [3.63, 3.8) is 0 Å². The van der Waals surface area contributed by atoms with Gasteiger partial charge in [0.1, 0.15) is 17.7 Å². The number of nitrogen functional groups attached to an aromatic ring is 1. The van der Waals surface area contributed by atoms with Crippen LogP contribution in [0.5, 0.6) is 0 Å². The first kappa shape index (κ1) is 9.73. The molecule has 0 aliphatic carbocycles. The van der Waals surface area contributed by atoms with Gasteiger partial charge in [-0.05, 0) is 12.8 Å². The molecule has 1 aromatic heterocycles. The first-order valence-electron chi connectivity index (χ1n) is 5.40. The SMILES string of the molecule is Nc1[nH]nc2c1NCN2C1CCC(CO)O1. The third-order valence-electron chi connectivity index (χ3n) is 3.11. The van der Waals surface area contributed by atoms with Crippen molar-refractivity contribution < 1.29 is 9.84 Å². The fourth-order valence-corrected chi connectivity index (χ4v) is 2.26. The van der Waals surface area contributed by atoms with Crippen LogP contribution in [0, 0.1) is 0 Å². The van der Waals surface area contributed by atoms with Crippen LogP contribution in [0.1, 0.15) is 12.8 Å². The van der Waals surface area contributed by atoms with E-state index in [1.165, 1.54) is 0 Å². The van der Waals surface area contributed by atoms with Gasteiger partial charge >= 0.3 is 0 Å². The van der Waals surface area contributed by atoms with E-state index >= 15 is 0 Å². The van der Waals surface area contributed by atoms with Gasteiger partial charge in [0.2, 0.25) is 0 Å². The van der Waals surface area contributed by atoms with Crippen LogP contribution < -0.4 is 16.0 Å². The number of hydrogen-bond donors (Lipinski definition) is 4. The van der Waals surface area contributed by atoms with E-state index in [0.29, 0.717) is 12.5 Å². The van der Waals surface area contributed by atoms with Crippen molar-refractivity contribution in [1.82, 2.24) is 10.2 Å². The monoisotopic (exact) mass is 225 g/mol. The summed E-state index contributed by atoms with van der Waals surface area (Å²) in [5.74, 6) is 1.36. The van der Waals surface area contributed by atoms with Crippen LogP contribution in [-0.2, 0) is 4.74 Å². The molecule has 2 atom stereocenters. The summed E-state index contributed by atoms with van der Waals surface area (Å²) >= 11 is 0. The number of nitrogens with two attached hydrogens (primary N) is 1. The van der Waals surface area contributed by atoms with Crippen LogP contribution in [0.25, 0.3) is 0 Å². The minimum Gasteiger partial charge on any atom is -0.394 e. The molecule has 2 aliphatic heterocycles. The van der Waals surface area contributed by atoms with E-state index < -0.39 is 0 Å². The number of hydrogen-bond acceptors (Lipinski definition) is 6. The van der Waals surface area contributed by atoms with Crippen molar-refractivity contribution >= 4 is 17.3 Å². The quantitative estimate of drug-likeness (QED) is 0.550.